The molecule has 0 aliphatic carbocycles. The van der Waals surface area contributed by atoms with E-state index in [1.54, 1.807) is 69.7 Å². The van der Waals surface area contributed by atoms with Gasteiger partial charge in [0, 0.05) is 5.56 Å². The van der Waals surface area contributed by atoms with Gasteiger partial charge in [-0.3, -0.25) is 4.79 Å². The Morgan fingerprint density at radius 2 is 1.62 bits per heavy atom. The summed E-state index contributed by atoms with van der Waals surface area (Å²) in [6.07, 6.45) is 1.64. The van der Waals surface area contributed by atoms with Gasteiger partial charge in [-0.15, -0.1) is 0 Å². The van der Waals surface area contributed by atoms with Crippen LogP contribution in [0.1, 0.15) is 37.4 Å². The monoisotopic (exact) mass is 430 g/mol. The highest BCUT2D eigenvalue weighted by Gasteiger charge is 2.30. The summed E-state index contributed by atoms with van der Waals surface area (Å²) in [6.45, 7) is 3.60. The highest BCUT2D eigenvalue weighted by atomic mass is 16.5. The maximum atomic E-state index is 12.9. The first-order valence-corrected chi connectivity index (χ1v) is 10.0. The quantitative estimate of drug-likeness (QED) is 0.316. The molecular formula is C26H22O6. The van der Waals surface area contributed by atoms with Crippen LogP contribution in [0.3, 0.4) is 0 Å². The fourth-order valence-electron chi connectivity index (χ4n) is 3.53. The number of methoxy groups -OCH3 is 2. The second-order valence-corrected chi connectivity index (χ2v) is 7.32. The van der Waals surface area contributed by atoms with Crippen LogP contribution in [0.15, 0.2) is 60.4 Å². The Morgan fingerprint density at radius 1 is 0.906 bits per heavy atom. The van der Waals surface area contributed by atoms with Crippen molar-refractivity contribution in [1.29, 1.82) is 0 Å². The zero-order chi connectivity index (χ0) is 22.8. The van der Waals surface area contributed by atoms with E-state index in [4.69, 9.17) is 18.9 Å². The lowest BCUT2D eigenvalue weighted by atomic mass is 10.1. The van der Waals surface area contributed by atoms with E-state index in [0.29, 0.717) is 39.7 Å². The van der Waals surface area contributed by atoms with Gasteiger partial charge in [0.2, 0.25) is 5.78 Å². The molecule has 6 nitrogen and oxygen atoms in total. The number of Topliss-reactive ketones (excluding diaryl/α,β-unsaturated/α-hetero) is 1. The van der Waals surface area contributed by atoms with Gasteiger partial charge in [-0.1, -0.05) is 24.3 Å². The number of aryl methyl sites for hydroxylation is 1. The fourth-order valence-corrected chi connectivity index (χ4v) is 3.53. The van der Waals surface area contributed by atoms with Gasteiger partial charge in [-0.25, -0.2) is 4.79 Å². The summed E-state index contributed by atoms with van der Waals surface area (Å²) in [7, 11) is 3.10. The first-order valence-electron chi connectivity index (χ1n) is 10.0. The lowest BCUT2D eigenvalue weighted by Gasteiger charge is -2.11. The van der Waals surface area contributed by atoms with Gasteiger partial charge in [-0.2, -0.15) is 0 Å². The van der Waals surface area contributed by atoms with Crippen molar-refractivity contribution in [2.75, 3.05) is 14.2 Å². The molecule has 1 heterocycles. The van der Waals surface area contributed by atoms with Crippen LogP contribution in [0.2, 0.25) is 0 Å². The average molecular weight is 430 g/mol. The van der Waals surface area contributed by atoms with Crippen LogP contribution in [0.25, 0.3) is 6.08 Å². The van der Waals surface area contributed by atoms with Gasteiger partial charge >= 0.3 is 5.97 Å². The first kappa shape index (κ1) is 21.2. The van der Waals surface area contributed by atoms with E-state index < -0.39 is 5.97 Å². The second kappa shape index (κ2) is 8.59. The van der Waals surface area contributed by atoms with Gasteiger partial charge in [0.05, 0.1) is 25.3 Å². The summed E-state index contributed by atoms with van der Waals surface area (Å²) in [5.41, 5.74) is 3.03. The molecule has 0 saturated heterocycles. The molecule has 0 radical (unpaired) electrons. The number of ketones is 1. The predicted molar refractivity (Wildman–Crippen MR) is 120 cm³/mol. The van der Waals surface area contributed by atoms with Crippen molar-refractivity contribution in [3.05, 3.63) is 88.2 Å². The number of benzene rings is 3. The van der Waals surface area contributed by atoms with Gasteiger partial charge in [0.1, 0.15) is 11.5 Å². The molecule has 162 valence electrons. The molecule has 1 aliphatic rings. The Morgan fingerprint density at radius 3 is 2.34 bits per heavy atom. The van der Waals surface area contributed by atoms with E-state index >= 15 is 0 Å². The number of allylic oxidation sites excluding steroid dienone is 1. The summed E-state index contributed by atoms with van der Waals surface area (Å²) in [6, 6.07) is 15.7. The third kappa shape index (κ3) is 3.83. The third-order valence-corrected chi connectivity index (χ3v) is 5.31. The number of hydrogen-bond donors (Lipinski definition) is 0. The van der Waals surface area contributed by atoms with E-state index in [1.165, 1.54) is 0 Å². The molecule has 0 N–H and O–H groups in total. The Hall–Kier alpha value is -4.06. The largest absolute Gasteiger partial charge is 0.493 e. The molecule has 6 heteroatoms. The van der Waals surface area contributed by atoms with Crippen LogP contribution in [0, 0.1) is 13.8 Å². The van der Waals surface area contributed by atoms with Crippen LogP contribution in [-0.2, 0) is 0 Å². The third-order valence-electron chi connectivity index (χ3n) is 5.31. The topological polar surface area (TPSA) is 71.1 Å². The van der Waals surface area contributed by atoms with Gasteiger partial charge in [0.15, 0.2) is 17.3 Å². The molecule has 0 spiro atoms. The predicted octanol–water partition coefficient (Wildman–Crippen LogP) is 5.16. The Labute approximate surface area is 186 Å². The zero-order valence-corrected chi connectivity index (χ0v) is 18.2. The molecule has 3 aromatic carbocycles. The van der Waals surface area contributed by atoms with Crippen molar-refractivity contribution < 1.29 is 28.5 Å². The van der Waals surface area contributed by atoms with Crippen molar-refractivity contribution in [3.63, 3.8) is 0 Å². The molecule has 4 rings (SSSR count). The summed E-state index contributed by atoms with van der Waals surface area (Å²) >= 11 is 0. The molecule has 0 fully saturated rings. The van der Waals surface area contributed by atoms with E-state index in [0.717, 1.165) is 11.1 Å². The molecule has 0 aromatic heterocycles. The van der Waals surface area contributed by atoms with Crippen molar-refractivity contribution in [3.8, 4) is 23.0 Å². The number of rotatable bonds is 5. The molecule has 3 aromatic rings. The molecule has 0 amide bonds. The van der Waals surface area contributed by atoms with E-state index in [9.17, 15) is 9.59 Å². The molecule has 0 atom stereocenters. The van der Waals surface area contributed by atoms with Crippen molar-refractivity contribution in [2.24, 2.45) is 0 Å². The average Bonchev–Trinajstić information content (AvgIpc) is 3.11. The lowest BCUT2D eigenvalue weighted by molar-refractivity contribution is 0.0732. The van der Waals surface area contributed by atoms with Crippen LogP contribution < -0.4 is 18.9 Å². The molecule has 1 aliphatic heterocycles. The second-order valence-electron chi connectivity index (χ2n) is 7.32. The van der Waals surface area contributed by atoms with Crippen molar-refractivity contribution in [2.45, 2.75) is 13.8 Å². The Kier molecular flexibility index (Phi) is 5.69. The van der Waals surface area contributed by atoms with Crippen LogP contribution in [-0.4, -0.2) is 26.0 Å². The van der Waals surface area contributed by atoms with Crippen LogP contribution >= 0.6 is 0 Å². The number of fused-ring (bicyclic) bond motifs is 1. The lowest BCUT2D eigenvalue weighted by Crippen LogP contribution is -2.11. The van der Waals surface area contributed by atoms with Crippen molar-refractivity contribution in [1.82, 2.24) is 0 Å². The number of carbonyl (C=O) groups excluding carboxylic acids is 2. The SMILES string of the molecule is COc1ccc(/C=C2\Oc3c(ccc(OC(=O)c4ccccc4C)c3C)C2=O)cc1OC. The molecule has 0 unspecified atom stereocenters. The van der Waals surface area contributed by atoms with E-state index in [2.05, 4.69) is 0 Å². The molecule has 0 bridgehead atoms. The van der Waals surface area contributed by atoms with Gasteiger partial charge in [0.25, 0.3) is 0 Å². The number of hydrogen-bond acceptors (Lipinski definition) is 6. The highest BCUT2D eigenvalue weighted by Crippen LogP contribution is 2.40. The summed E-state index contributed by atoms with van der Waals surface area (Å²) in [4.78, 5) is 25.5. The molecular weight excluding hydrogens is 408 g/mol. The van der Waals surface area contributed by atoms with Crippen LogP contribution in [0.5, 0.6) is 23.0 Å². The summed E-state index contributed by atoms with van der Waals surface area (Å²) in [5.74, 6) is 1.34. The molecule has 0 saturated carbocycles. The highest BCUT2D eigenvalue weighted by molar-refractivity contribution is 6.15. The summed E-state index contributed by atoms with van der Waals surface area (Å²) < 4.78 is 22.1. The minimum Gasteiger partial charge on any atom is -0.493 e. The smallest absolute Gasteiger partial charge is 0.343 e. The zero-order valence-electron chi connectivity index (χ0n) is 18.2. The molecule has 32 heavy (non-hydrogen) atoms. The number of ether oxygens (including phenoxy) is 4. The van der Waals surface area contributed by atoms with Crippen molar-refractivity contribution >= 4 is 17.8 Å². The fraction of sp³-hybridized carbons (Fsp3) is 0.154. The number of carbonyl (C=O) groups is 2. The van der Waals surface area contributed by atoms with Gasteiger partial charge in [-0.05, 0) is 61.4 Å². The summed E-state index contributed by atoms with van der Waals surface area (Å²) in [5, 5.41) is 0. The minimum atomic E-state index is -0.462. The normalized spacial score (nSPS) is 13.5. The minimum absolute atomic E-state index is 0.178. The van der Waals surface area contributed by atoms with Gasteiger partial charge < -0.3 is 18.9 Å². The Balaban J connectivity index is 1.62. The first-order chi connectivity index (χ1) is 15.4. The maximum absolute atomic E-state index is 12.9. The van der Waals surface area contributed by atoms with Crippen LogP contribution in [0.4, 0.5) is 0 Å². The standard InChI is InChI=1S/C26H22O6/c1-15-7-5-6-8-18(15)26(28)32-20-12-10-19-24(27)23(31-25(19)16(20)2)14-17-9-11-21(29-3)22(13-17)30-4/h5-14H,1-4H3/b23-14-. The number of esters is 1. The van der Waals surface area contributed by atoms with E-state index in [1.807, 2.05) is 19.1 Å². The Bertz CT molecular complexity index is 1260. The van der Waals surface area contributed by atoms with E-state index in [-0.39, 0.29) is 11.5 Å². The maximum Gasteiger partial charge on any atom is 0.343 e.